The Kier molecular flexibility index (Phi) is 8.45. The van der Waals surface area contributed by atoms with Crippen LogP contribution >= 0.6 is 0 Å². The summed E-state index contributed by atoms with van der Waals surface area (Å²) in [5, 5.41) is 21.2. The molecule has 1 N–H and O–H groups in total. The van der Waals surface area contributed by atoms with Crippen molar-refractivity contribution in [1.29, 1.82) is 0 Å². The Morgan fingerprint density at radius 3 is 2.00 bits per heavy atom. The monoisotopic (exact) mass is 211 g/mol. The van der Waals surface area contributed by atoms with Crippen molar-refractivity contribution in [2.24, 2.45) is 0 Å². The van der Waals surface area contributed by atoms with E-state index in [2.05, 4.69) is 5.32 Å². The van der Waals surface area contributed by atoms with Crippen LogP contribution in [0.5, 0.6) is 0 Å². The summed E-state index contributed by atoms with van der Waals surface area (Å²) in [5.41, 5.74) is 0. The zero-order chi connectivity index (χ0) is 10.4. The van der Waals surface area contributed by atoms with Crippen molar-refractivity contribution in [2.45, 2.75) is 25.8 Å². The van der Waals surface area contributed by atoms with Crippen molar-refractivity contribution in [2.75, 3.05) is 0 Å². The molecule has 7 heteroatoms. The topological polar surface area (TPSA) is 109 Å². The number of aliphatic carboxylic acids is 2. The van der Waals surface area contributed by atoms with E-state index in [4.69, 9.17) is 9.90 Å². The molecule has 1 rings (SSSR count). The molecular weight excluding hydrogens is 202 g/mol. The quantitative estimate of drug-likeness (QED) is 0.451. The summed E-state index contributed by atoms with van der Waals surface area (Å²) in [6, 6.07) is -0.752. The van der Waals surface area contributed by atoms with Crippen LogP contribution in [0.3, 0.4) is 0 Å². The number of carbonyl (C=O) groups is 3. The summed E-state index contributed by atoms with van der Waals surface area (Å²) in [7, 11) is 0. The summed E-state index contributed by atoms with van der Waals surface area (Å²) in [6.45, 7) is 0.972. The molecular formula is C7H9MgNO5. The molecule has 1 atom stereocenters. The van der Waals surface area contributed by atoms with Crippen LogP contribution in [0.1, 0.15) is 19.8 Å². The number of carboxylic acids is 2. The molecule has 0 radical (unpaired) electrons. The molecule has 0 spiro atoms. The Hall–Kier alpha value is -0.824. The first-order chi connectivity index (χ1) is 5.93. The first-order valence-corrected chi connectivity index (χ1v) is 3.61. The van der Waals surface area contributed by atoms with Crippen LogP contribution in [-0.4, -0.2) is 46.9 Å². The molecule has 0 saturated carbocycles. The molecule has 1 aliphatic heterocycles. The van der Waals surface area contributed by atoms with Crippen LogP contribution in [0.15, 0.2) is 0 Å². The normalized spacial score (nSPS) is 18.4. The average molecular weight is 211 g/mol. The van der Waals surface area contributed by atoms with Gasteiger partial charge in [0.05, 0.1) is 12.0 Å². The third-order valence-corrected chi connectivity index (χ3v) is 1.28. The van der Waals surface area contributed by atoms with E-state index in [0.29, 0.717) is 12.8 Å². The minimum absolute atomic E-state index is 0. The Labute approximate surface area is 96.8 Å². The maximum Gasteiger partial charge on any atom is 2.00 e. The number of carboxylic acid groups (broad SMARTS) is 2. The largest absolute Gasteiger partial charge is 2.00 e. The van der Waals surface area contributed by atoms with Gasteiger partial charge in [-0.3, -0.25) is 4.79 Å². The molecule has 0 aromatic rings. The van der Waals surface area contributed by atoms with E-state index in [0.717, 1.165) is 6.92 Å². The maximum atomic E-state index is 10.4. The van der Waals surface area contributed by atoms with Gasteiger partial charge in [-0.1, -0.05) is 0 Å². The standard InChI is InChI=1S/C5H7NO3.C2H4O2.Mg/c7-4-2-1-3(6-4)5(8)9;1-2(3)4;/h3H,1-2H2,(H,6,7)(H,8,9);1H3,(H,3,4);/q;;+2/p-2/t3-;;/m0../s1. The second-order valence-electron chi connectivity index (χ2n) is 2.47. The van der Waals surface area contributed by atoms with E-state index in [1.807, 2.05) is 0 Å². The predicted molar refractivity (Wildman–Crippen MR) is 42.6 cm³/mol. The van der Waals surface area contributed by atoms with Gasteiger partial charge in [0.25, 0.3) is 0 Å². The van der Waals surface area contributed by atoms with Gasteiger partial charge in [-0.25, -0.2) is 0 Å². The molecule has 0 bridgehead atoms. The molecule has 1 saturated heterocycles. The Morgan fingerprint density at radius 2 is 1.86 bits per heavy atom. The van der Waals surface area contributed by atoms with Crippen molar-refractivity contribution >= 4 is 40.9 Å². The van der Waals surface area contributed by atoms with E-state index >= 15 is 0 Å². The summed E-state index contributed by atoms with van der Waals surface area (Å²) < 4.78 is 0. The minimum Gasteiger partial charge on any atom is -0.550 e. The van der Waals surface area contributed by atoms with E-state index in [1.54, 1.807) is 0 Å². The zero-order valence-electron chi connectivity index (χ0n) is 7.74. The molecule has 1 heterocycles. The van der Waals surface area contributed by atoms with Crippen LogP contribution in [0.2, 0.25) is 0 Å². The van der Waals surface area contributed by atoms with Crippen LogP contribution in [0.4, 0.5) is 0 Å². The number of rotatable bonds is 1. The fourth-order valence-electron chi connectivity index (χ4n) is 0.791. The first kappa shape index (κ1) is 15.6. The Morgan fingerprint density at radius 1 is 1.43 bits per heavy atom. The molecule has 1 fully saturated rings. The third-order valence-electron chi connectivity index (χ3n) is 1.28. The van der Waals surface area contributed by atoms with Gasteiger partial charge < -0.3 is 25.1 Å². The van der Waals surface area contributed by atoms with Gasteiger partial charge in [-0.2, -0.15) is 0 Å². The van der Waals surface area contributed by atoms with Crippen LogP contribution in [0, 0.1) is 0 Å². The number of nitrogens with one attached hydrogen (secondary N) is 1. The average Bonchev–Trinajstić information content (AvgIpc) is 2.34. The molecule has 74 valence electrons. The molecule has 0 unspecified atom stereocenters. The second kappa shape index (κ2) is 7.57. The molecule has 0 aliphatic carbocycles. The SMILES string of the molecule is CC(=O)[O-].O=C1CC[C@@H](C(=O)[O-])N1.[Mg+2]. The fourth-order valence-corrected chi connectivity index (χ4v) is 0.791. The number of hydrogen-bond acceptors (Lipinski definition) is 5. The second-order valence-corrected chi connectivity index (χ2v) is 2.47. The third kappa shape index (κ3) is 7.81. The number of carbonyl (C=O) groups excluding carboxylic acids is 3. The summed E-state index contributed by atoms with van der Waals surface area (Å²) in [4.78, 5) is 29.3. The van der Waals surface area contributed by atoms with E-state index in [9.17, 15) is 14.7 Å². The maximum absolute atomic E-state index is 10.4. The van der Waals surface area contributed by atoms with Gasteiger partial charge in [0.1, 0.15) is 0 Å². The smallest absolute Gasteiger partial charge is 0.550 e. The van der Waals surface area contributed by atoms with Gasteiger partial charge >= 0.3 is 23.1 Å². The zero-order valence-corrected chi connectivity index (χ0v) is 9.15. The fraction of sp³-hybridized carbons (Fsp3) is 0.571. The summed E-state index contributed by atoms with van der Waals surface area (Å²) in [6.07, 6.45) is 0.666. The number of hydrogen-bond donors (Lipinski definition) is 1. The summed E-state index contributed by atoms with van der Waals surface area (Å²) in [5.74, 6) is -2.48. The van der Waals surface area contributed by atoms with E-state index in [1.165, 1.54) is 0 Å². The van der Waals surface area contributed by atoms with Crippen molar-refractivity contribution in [3.63, 3.8) is 0 Å². The predicted octanol–water partition coefficient (Wildman–Crippen LogP) is -3.61. The first-order valence-electron chi connectivity index (χ1n) is 3.61. The van der Waals surface area contributed by atoms with Gasteiger partial charge in [0.2, 0.25) is 5.91 Å². The molecule has 0 aromatic carbocycles. The molecule has 6 nitrogen and oxygen atoms in total. The van der Waals surface area contributed by atoms with Crippen LogP contribution < -0.4 is 15.5 Å². The van der Waals surface area contributed by atoms with Crippen molar-refractivity contribution in [3.05, 3.63) is 0 Å². The Balaban J connectivity index is 0. The molecule has 0 aromatic heterocycles. The Bertz CT molecular complexity index is 226. The van der Waals surface area contributed by atoms with Crippen molar-refractivity contribution in [1.82, 2.24) is 5.32 Å². The van der Waals surface area contributed by atoms with Gasteiger partial charge in [-0.15, -0.1) is 0 Å². The molecule has 1 aliphatic rings. The van der Waals surface area contributed by atoms with Crippen molar-refractivity contribution in [3.8, 4) is 0 Å². The van der Waals surface area contributed by atoms with Crippen LogP contribution in [-0.2, 0) is 14.4 Å². The summed E-state index contributed by atoms with van der Waals surface area (Å²) >= 11 is 0. The van der Waals surface area contributed by atoms with E-state index in [-0.39, 0.29) is 29.0 Å². The minimum atomic E-state index is -1.19. The van der Waals surface area contributed by atoms with Gasteiger partial charge in [0.15, 0.2) is 0 Å². The van der Waals surface area contributed by atoms with Crippen molar-refractivity contribution < 1.29 is 24.6 Å². The molecule has 1 amide bonds. The van der Waals surface area contributed by atoms with E-state index < -0.39 is 18.0 Å². The van der Waals surface area contributed by atoms with Gasteiger partial charge in [-0.05, 0) is 13.3 Å². The number of amides is 1. The molecule has 14 heavy (non-hydrogen) atoms. The van der Waals surface area contributed by atoms with Gasteiger partial charge in [0, 0.05) is 12.4 Å². The van der Waals surface area contributed by atoms with Crippen LogP contribution in [0.25, 0.3) is 0 Å².